The Kier molecular flexibility index (Phi) is 5.81. The van der Waals surface area contributed by atoms with Gasteiger partial charge in [0.15, 0.2) is 5.82 Å². The lowest BCUT2D eigenvalue weighted by atomic mass is 10.1. The minimum atomic E-state index is -1.21. The molecule has 208 valence electrons. The van der Waals surface area contributed by atoms with E-state index in [9.17, 15) is 14.3 Å². The molecule has 0 spiro atoms. The maximum Gasteiger partial charge on any atom is 0.322 e. The van der Waals surface area contributed by atoms with Gasteiger partial charge in [-0.2, -0.15) is 10.2 Å². The Labute approximate surface area is 225 Å². The second-order valence-electron chi connectivity index (χ2n) is 11.7. The number of carbonyl (C=O) groups excluding carboxylic acids is 1. The number of hydrogen-bond donors (Lipinski definition) is 3. The molecule has 4 fully saturated rings. The van der Waals surface area contributed by atoms with Crippen molar-refractivity contribution >= 4 is 28.4 Å². The fourth-order valence-corrected chi connectivity index (χ4v) is 5.47. The van der Waals surface area contributed by atoms with Crippen molar-refractivity contribution in [2.45, 2.75) is 81.8 Å². The van der Waals surface area contributed by atoms with Gasteiger partial charge in [0.1, 0.15) is 11.4 Å². The van der Waals surface area contributed by atoms with Gasteiger partial charge in [-0.15, -0.1) is 0 Å². The lowest BCUT2D eigenvalue weighted by Crippen LogP contribution is -2.53. The van der Waals surface area contributed by atoms with E-state index in [1.165, 1.54) is 0 Å². The van der Waals surface area contributed by atoms with Crippen molar-refractivity contribution < 1.29 is 19.0 Å². The number of nitrogens with zero attached hydrogens (tertiary/aromatic N) is 6. The van der Waals surface area contributed by atoms with E-state index in [0.717, 1.165) is 61.9 Å². The van der Waals surface area contributed by atoms with E-state index in [1.54, 1.807) is 22.0 Å². The van der Waals surface area contributed by atoms with Crippen LogP contribution in [0.1, 0.15) is 51.9 Å². The quantitative estimate of drug-likeness (QED) is 0.342. The molecule has 1 saturated heterocycles. The summed E-state index contributed by atoms with van der Waals surface area (Å²) in [5.41, 5.74) is 0.744. The zero-order valence-corrected chi connectivity index (χ0v) is 22.2. The van der Waals surface area contributed by atoms with Gasteiger partial charge < -0.3 is 25.0 Å². The minimum absolute atomic E-state index is 0.0518. The fourth-order valence-electron chi connectivity index (χ4n) is 5.47. The Bertz CT molecular complexity index is 1390. The zero-order valence-electron chi connectivity index (χ0n) is 22.2. The molecule has 3 aromatic heterocycles. The van der Waals surface area contributed by atoms with Gasteiger partial charge in [-0.25, -0.2) is 9.18 Å². The van der Waals surface area contributed by atoms with E-state index < -0.39 is 11.2 Å². The summed E-state index contributed by atoms with van der Waals surface area (Å²) in [6.45, 7) is 4.25. The van der Waals surface area contributed by atoms with Crippen LogP contribution in [0, 0.1) is 0 Å². The van der Waals surface area contributed by atoms with Crippen molar-refractivity contribution in [3.63, 3.8) is 0 Å². The second kappa shape index (κ2) is 9.16. The molecule has 3 N–H and O–H groups in total. The predicted molar refractivity (Wildman–Crippen MR) is 143 cm³/mol. The summed E-state index contributed by atoms with van der Waals surface area (Å²) in [5.74, 6) is 0.802. The summed E-state index contributed by atoms with van der Waals surface area (Å²) in [5, 5.41) is 25.7. The van der Waals surface area contributed by atoms with E-state index >= 15 is 0 Å². The fraction of sp³-hybridized carbons (Fsp3) is 0.630. The monoisotopic (exact) mass is 538 g/mol. The second-order valence-corrected chi connectivity index (χ2v) is 11.7. The maximum atomic E-state index is 14.9. The molecule has 0 atom stereocenters. The third kappa shape index (κ3) is 4.63. The molecule has 3 saturated carbocycles. The number of alkyl halides is 1. The molecule has 3 aliphatic carbocycles. The van der Waals surface area contributed by atoms with E-state index in [2.05, 4.69) is 20.4 Å². The number of aliphatic hydroxyl groups excluding tert-OH is 1. The Morgan fingerprint density at radius 3 is 2.72 bits per heavy atom. The van der Waals surface area contributed by atoms with Gasteiger partial charge in [0.05, 0.1) is 59.4 Å². The summed E-state index contributed by atoms with van der Waals surface area (Å²) in [4.78, 5) is 21.8. The number of fused-ring (bicyclic) bond motifs is 1. The number of amides is 2. The van der Waals surface area contributed by atoms with Crippen molar-refractivity contribution in [2.75, 3.05) is 36.5 Å². The number of nitrogens with one attached hydrogen (secondary N) is 2. The van der Waals surface area contributed by atoms with Gasteiger partial charge in [0.2, 0.25) is 0 Å². The summed E-state index contributed by atoms with van der Waals surface area (Å²) in [6, 6.07) is 1.62. The first kappa shape index (κ1) is 24.8. The number of carbonyl (C=O) groups is 1. The first-order chi connectivity index (χ1) is 18.9. The number of halogens is 1. The van der Waals surface area contributed by atoms with Crippen LogP contribution in [-0.2, 0) is 11.3 Å². The largest absolute Gasteiger partial charge is 0.394 e. The number of pyridine rings is 1. The number of aromatic amines is 1. The van der Waals surface area contributed by atoms with E-state index in [1.807, 2.05) is 13.0 Å². The van der Waals surface area contributed by atoms with Crippen LogP contribution in [-0.4, -0.2) is 90.7 Å². The summed E-state index contributed by atoms with van der Waals surface area (Å²) >= 11 is 0. The van der Waals surface area contributed by atoms with Crippen molar-refractivity contribution in [1.29, 1.82) is 0 Å². The van der Waals surface area contributed by atoms with Crippen LogP contribution in [0.4, 0.5) is 20.7 Å². The van der Waals surface area contributed by atoms with Gasteiger partial charge in [-0.1, -0.05) is 6.92 Å². The summed E-state index contributed by atoms with van der Waals surface area (Å²) in [6.07, 6.45) is 9.72. The highest BCUT2D eigenvalue weighted by Gasteiger charge is 2.49. The van der Waals surface area contributed by atoms with E-state index in [0.29, 0.717) is 42.6 Å². The van der Waals surface area contributed by atoms with Crippen LogP contribution in [0.25, 0.3) is 22.3 Å². The van der Waals surface area contributed by atoms with Crippen LogP contribution >= 0.6 is 0 Å². The highest BCUT2D eigenvalue weighted by Crippen LogP contribution is 2.44. The zero-order chi connectivity index (χ0) is 26.8. The number of hydrogen-bond acceptors (Lipinski definition) is 7. The van der Waals surface area contributed by atoms with Gasteiger partial charge in [-0.3, -0.25) is 14.8 Å². The Hall–Kier alpha value is -3.25. The first-order valence-corrected chi connectivity index (χ1v) is 14.1. The maximum absolute atomic E-state index is 14.9. The van der Waals surface area contributed by atoms with Crippen molar-refractivity contribution in [1.82, 2.24) is 29.9 Å². The first-order valence-electron chi connectivity index (χ1n) is 14.1. The summed E-state index contributed by atoms with van der Waals surface area (Å²) < 4.78 is 22.7. The molecule has 4 aliphatic rings. The van der Waals surface area contributed by atoms with Crippen molar-refractivity contribution in [3.8, 4) is 11.4 Å². The number of rotatable bonds is 11. The molecule has 0 aromatic carbocycles. The molecular weight excluding hydrogens is 503 g/mol. The number of aromatic nitrogens is 5. The number of ether oxygens (including phenoxy) is 1. The molecule has 1 aliphatic heterocycles. The number of anilines is 2. The Morgan fingerprint density at radius 2 is 2.05 bits per heavy atom. The molecule has 3 aromatic rings. The highest BCUT2D eigenvalue weighted by molar-refractivity contribution is 5.96. The molecule has 2 amide bonds. The number of aliphatic hydroxyl groups is 1. The van der Waals surface area contributed by atoms with E-state index in [-0.39, 0.29) is 25.3 Å². The standard InChI is InChI=1S/C27H35FN8O3/c1-2-9-35(27(16-37)7-8-27)25(38)31-21-12-30-32-23(21)20-10-22-19(11-29-20)24(33-36(22)15-26(28)5-6-26)34-13-18(14-34)39-17-3-4-17/h10-12,17-18,37H,2-9,13-16H2,1H3,(H,30,32)(H,31,38). The summed E-state index contributed by atoms with van der Waals surface area (Å²) in [7, 11) is 0. The molecule has 4 heterocycles. The molecule has 0 radical (unpaired) electrons. The van der Waals surface area contributed by atoms with Gasteiger partial charge in [0, 0.05) is 25.8 Å². The lowest BCUT2D eigenvalue weighted by molar-refractivity contribution is 0.0217. The third-order valence-corrected chi connectivity index (χ3v) is 8.42. The minimum Gasteiger partial charge on any atom is -0.394 e. The van der Waals surface area contributed by atoms with Gasteiger partial charge in [-0.05, 0) is 51.0 Å². The Morgan fingerprint density at radius 1 is 1.26 bits per heavy atom. The molecular formula is C27H35FN8O3. The average Bonchev–Trinajstić information content (AvgIpc) is 3.86. The normalized spacial score (nSPS) is 21.2. The molecule has 39 heavy (non-hydrogen) atoms. The SMILES string of the molecule is CCCN(C(=O)Nc1cn[nH]c1-c1cc2c(cn1)c(N1CC(OC3CC3)C1)nn2CC1(F)CC1)C1(CO)CC1. The topological polar surface area (TPSA) is 124 Å². The lowest BCUT2D eigenvalue weighted by Gasteiger charge is -2.39. The molecule has 0 bridgehead atoms. The third-order valence-electron chi connectivity index (χ3n) is 8.42. The molecule has 7 rings (SSSR count). The Balaban J connectivity index is 1.16. The number of urea groups is 1. The average molecular weight is 539 g/mol. The van der Waals surface area contributed by atoms with Crippen LogP contribution in [0.15, 0.2) is 18.5 Å². The molecule has 12 heteroatoms. The molecule has 0 unspecified atom stereocenters. The molecule has 11 nitrogen and oxygen atoms in total. The predicted octanol–water partition coefficient (Wildman–Crippen LogP) is 3.46. The smallest absolute Gasteiger partial charge is 0.322 e. The van der Waals surface area contributed by atoms with Crippen LogP contribution in [0.2, 0.25) is 0 Å². The van der Waals surface area contributed by atoms with Crippen LogP contribution in [0.5, 0.6) is 0 Å². The van der Waals surface area contributed by atoms with Gasteiger partial charge >= 0.3 is 6.03 Å². The van der Waals surface area contributed by atoms with Crippen molar-refractivity contribution in [2.24, 2.45) is 0 Å². The van der Waals surface area contributed by atoms with Gasteiger partial charge in [0.25, 0.3) is 0 Å². The highest BCUT2D eigenvalue weighted by atomic mass is 19.1. The van der Waals surface area contributed by atoms with Crippen molar-refractivity contribution in [3.05, 3.63) is 18.5 Å². The van der Waals surface area contributed by atoms with Crippen LogP contribution < -0.4 is 10.2 Å². The number of H-pyrrole nitrogens is 1. The van der Waals surface area contributed by atoms with Crippen LogP contribution in [0.3, 0.4) is 0 Å². The van der Waals surface area contributed by atoms with E-state index in [4.69, 9.17) is 14.8 Å².